The Balaban J connectivity index is 2.15. The normalized spacial score (nSPS) is 40.4. The van der Waals surface area contributed by atoms with Crippen molar-refractivity contribution in [3.63, 3.8) is 0 Å². The van der Waals surface area contributed by atoms with Gasteiger partial charge in [-0.15, -0.1) is 0 Å². The minimum absolute atomic E-state index is 0.349. The monoisotopic (exact) mass is 198 g/mol. The Hall–Kier alpha value is 0.430. The van der Waals surface area contributed by atoms with Crippen LogP contribution in [-0.4, -0.2) is 16.5 Å². The van der Waals surface area contributed by atoms with Gasteiger partial charge in [0, 0.05) is 0 Å². The van der Waals surface area contributed by atoms with E-state index in [0.29, 0.717) is 13.1 Å². The van der Waals surface area contributed by atoms with Crippen molar-refractivity contribution in [1.29, 1.82) is 0 Å². The SMILES string of the molecule is CC(C)(C)P1C2CCCC1CCC2. The molecule has 2 aliphatic rings. The van der Waals surface area contributed by atoms with Gasteiger partial charge in [-0.05, 0) is 42.2 Å². The summed E-state index contributed by atoms with van der Waals surface area (Å²) < 4.78 is 0. The maximum atomic E-state index is 2.48. The van der Waals surface area contributed by atoms with E-state index in [9.17, 15) is 0 Å². The van der Waals surface area contributed by atoms with E-state index >= 15 is 0 Å². The molecule has 1 heteroatoms. The lowest BCUT2D eigenvalue weighted by Crippen LogP contribution is -2.34. The van der Waals surface area contributed by atoms with Crippen molar-refractivity contribution < 1.29 is 0 Å². The van der Waals surface area contributed by atoms with E-state index in [1.165, 1.54) is 12.8 Å². The van der Waals surface area contributed by atoms with E-state index in [2.05, 4.69) is 20.8 Å². The van der Waals surface area contributed by atoms with Gasteiger partial charge in [-0.1, -0.05) is 41.5 Å². The van der Waals surface area contributed by atoms with Gasteiger partial charge in [0.1, 0.15) is 0 Å². The second kappa shape index (κ2) is 3.54. The summed E-state index contributed by atoms with van der Waals surface area (Å²) in [4.78, 5) is 0. The Bertz CT molecular complexity index is 158. The van der Waals surface area contributed by atoms with Crippen molar-refractivity contribution in [3.8, 4) is 0 Å². The average molecular weight is 198 g/mol. The minimum Gasteiger partial charge on any atom is -0.0948 e. The summed E-state index contributed by atoms with van der Waals surface area (Å²) in [5, 5.41) is 0.630. The van der Waals surface area contributed by atoms with E-state index in [-0.39, 0.29) is 0 Å². The maximum Gasteiger partial charge on any atom is -0.0174 e. The van der Waals surface area contributed by atoms with Crippen molar-refractivity contribution in [2.24, 2.45) is 0 Å². The van der Waals surface area contributed by atoms with Gasteiger partial charge in [0.15, 0.2) is 0 Å². The standard InChI is InChI=1S/C12H23P/c1-12(2,3)13-10-6-4-7-11(13)9-5-8-10/h10-11H,4-9H2,1-3H3. The highest BCUT2D eigenvalue weighted by Crippen LogP contribution is 2.66. The highest BCUT2D eigenvalue weighted by molar-refractivity contribution is 7.60. The first kappa shape index (κ1) is 9.97. The lowest BCUT2D eigenvalue weighted by molar-refractivity contribution is 0.463. The zero-order valence-electron chi connectivity index (χ0n) is 9.34. The van der Waals surface area contributed by atoms with Crippen LogP contribution in [0, 0.1) is 0 Å². The van der Waals surface area contributed by atoms with Crippen LogP contribution in [0.3, 0.4) is 0 Å². The predicted octanol–water partition coefficient (Wildman–Crippen LogP) is 4.37. The predicted molar refractivity (Wildman–Crippen MR) is 62.0 cm³/mol. The molecular weight excluding hydrogens is 175 g/mol. The molecule has 0 aromatic rings. The number of hydrogen-bond acceptors (Lipinski definition) is 0. The van der Waals surface area contributed by atoms with E-state index < -0.39 is 0 Å². The third-order valence-electron chi connectivity index (χ3n) is 3.71. The Morgan fingerprint density at radius 2 is 1.23 bits per heavy atom. The van der Waals surface area contributed by atoms with Gasteiger partial charge in [-0.3, -0.25) is 0 Å². The smallest absolute Gasteiger partial charge is 0.0174 e. The topological polar surface area (TPSA) is 0 Å². The highest BCUT2D eigenvalue weighted by atomic mass is 31.1. The zero-order chi connectivity index (χ0) is 9.47. The third kappa shape index (κ3) is 1.94. The van der Waals surface area contributed by atoms with Gasteiger partial charge >= 0.3 is 0 Å². The van der Waals surface area contributed by atoms with Gasteiger partial charge in [0.05, 0.1) is 0 Å². The molecule has 0 aliphatic carbocycles. The molecule has 0 aromatic carbocycles. The molecule has 0 spiro atoms. The molecule has 0 saturated carbocycles. The second-order valence-electron chi connectivity index (χ2n) is 5.75. The summed E-state index contributed by atoms with van der Waals surface area (Å²) >= 11 is 0. The second-order valence-corrected chi connectivity index (χ2v) is 9.36. The molecule has 0 atom stereocenters. The van der Waals surface area contributed by atoms with Crippen LogP contribution in [0.5, 0.6) is 0 Å². The Morgan fingerprint density at radius 3 is 1.46 bits per heavy atom. The van der Waals surface area contributed by atoms with Gasteiger partial charge in [0.2, 0.25) is 0 Å². The Morgan fingerprint density at radius 1 is 0.846 bits per heavy atom. The van der Waals surface area contributed by atoms with Crippen LogP contribution >= 0.6 is 7.92 Å². The van der Waals surface area contributed by atoms with Crippen LogP contribution in [0.2, 0.25) is 0 Å². The van der Waals surface area contributed by atoms with Gasteiger partial charge in [0.25, 0.3) is 0 Å². The molecule has 2 fully saturated rings. The molecule has 13 heavy (non-hydrogen) atoms. The van der Waals surface area contributed by atoms with E-state index in [1.807, 2.05) is 0 Å². The highest BCUT2D eigenvalue weighted by Gasteiger charge is 2.41. The summed E-state index contributed by atoms with van der Waals surface area (Å²) in [6.07, 6.45) is 9.28. The molecule has 2 saturated heterocycles. The van der Waals surface area contributed by atoms with E-state index in [1.54, 1.807) is 25.7 Å². The molecule has 0 amide bonds. The molecule has 0 aromatic heterocycles. The summed E-state index contributed by atoms with van der Waals surface area (Å²) in [6.45, 7) is 7.44. The first-order valence-electron chi connectivity index (χ1n) is 5.87. The molecule has 76 valence electrons. The lowest BCUT2D eigenvalue weighted by atomic mass is 9.99. The Kier molecular flexibility index (Phi) is 2.71. The quantitative estimate of drug-likeness (QED) is 0.507. The molecule has 0 N–H and O–H groups in total. The largest absolute Gasteiger partial charge is 0.0948 e. The van der Waals surface area contributed by atoms with E-state index in [0.717, 1.165) is 11.3 Å². The number of fused-ring (bicyclic) bond motifs is 2. The number of rotatable bonds is 0. The van der Waals surface area contributed by atoms with Crippen LogP contribution in [0.1, 0.15) is 59.3 Å². The fraction of sp³-hybridized carbons (Fsp3) is 1.00. The molecule has 0 radical (unpaired) electrons. The maximum absolute atomic E-state index is 2.48. The van der Waals surface area contributed by atoms with Crippen LogP contribution in [0.4, 0.5) is 0 Å². The van der Waals surface area contributed by atoms with Crippen LogP contribution < -0.4 is 0 Å². The molecule has 2 heterocycles. The van der Waals surface area contributed by atoms with Crippen LogP contribution in [0.15, 0.2) is 0 Å². The van der Waals surface area contributed by atoms with Crippen molar-refractivity contribution in [3.05, 3.63) is 0 Å². The van der Waals surface area contributed by atoms with Crippen LogP contribution in [0.25, 0.3) is 0 Å². The summed E-state index contributed by atoms with van der Waals surface area (Å²) in [7, 11) is 0.349. The van der Waals surface area contributed by atoms with Crippen molar-refractivity contribution in [2.45, 2.75) is 75.8 Å². The molecule has 0 unspecified atom stereocenters. The number of hydrogen-bond donors (Lipinski definition) is 0. The van der Waals surface area contributed by atoms with Gasteiger partial charge in [-0.2, -0.15) is 0 Å². The molecule has 2 rings (SSSR count). The molecule has 2 aliphatic heterocycles. The molecule has 2 bridgehead atoms. The first-order chi connectivity index (χ1) is 6.09. The lowest BCUT2D eigenvalue weighted by Gasteiger charge is -2.49. The minimum atomic E-state index is 0.349. The van der Waals surface area contributed by atoms with Gasteiger partial charge in [-0.25, -0.2) is 0 Å². The molecule has 0 nitrogen and oxygen atoms in total. The average Bonchev–Trinajstić information content (AvgIpc) is 2.01. The fourth-order valence-electron chi connectivity index (χ4n) is 3.42. The van der Waals surface area contributed by atoms with Crippen molar-refractivity contribution >= 4 is 7.92 Å². The Labute approximate surface area is 84.2 Å². The van der Waals surface area contributed by atoms with Gasteiger partial charge < -0.3 is 0 Å². The van der Waals surface area contributed by atoms with E-state index in [4.69, 9.17) is 0 Å². The summed E-state index contributed by atoms with van der Waals surface area (Å²) in [5.41, 5.74) is 2.28. The fourth-order valence-corrected chi connectivity index (χ4v) is 8.05. The zero-order valence-corrected chi connectivity index (χ0v) is 10.2. The van der Waals surface area contributed by atoms with Crippen molar-refractivity contribution in [1.82, 2.24) is 0 Å². The third-order valence-corrected chi connectivity index (χ3v) is 7.87. The summed E-state index contributed by atoms with van der Waals surface area (Å²) in [6, 6.07) is 0. The first-order valence-corrected chi connectivity index (χ1v) is 7.35. The molecular formula is C12H23P. The summed E-state index contributed by atoms with van der Waals surface area (Å²) in [5.74, 6) is 0. The van der Waals surface area contributed by atoms with Crippen molar-refractivity contribution in [2.75, 3.05) is 0 Å². The van der Waals surface area contributed by atoms with Crippen LogP contribution in [-0.2, 0) is 0 Å².